The van der Waals surface area contributed by atoms with E-state index in [4.69, 9.17) is 0 Å². The molecule has 2 aliphatic rings. The van der Waals surface area contributed by atoms with E-state index in [9.17, 15) is 0 Å². The van der Waals surface area contributed by atoms with Gasteiger partial charge in [0.05, 0.1) is 5.52 Å². The Labute approximate surface area is 114 Å². The highest BCUT2D eigenvalue weighted by Crippen LogP contribution is 2.35. The molecule has 1 N–H and O–H groups in total. The quantitative estimate of drug-likeness (QED) is 0.871. The van der Waals surface area contributed by atoms with Gasteiger partial charge in [-0.3, -0.25) is 0 Å². The van der Waals surface area contributed by atoms with Gasteiger partial charge in [0.25, 0.3) is 0 Å². The number of aromatic nitrogens is 1. The van der Waals surface area contributed by atoms with Crippen molar-refractivity contribution in [1.82, 2.24) is 9.88 Å². The fraction of sp³-hybridized carbons (Fsp3) is 0.529. The summed E-state index contributed by atoms with van der Waals surface area (Å²) < 4.78 is 2.55. The number of rotatable bonds is 2. The van der Waals surface area contributed by atoms with Crippen LogP contribution in [-0.2, 0) is 19.4 Å². The predicted molar refractivity (Wildman–Crippen MR) is 79.7 cm³/mol. The minimum Gasteiger partial charge on any atom is -0.344 e. The number of piperidine rings is 1. The van der Waals surface area contributed by atoms with Gasteiger partial charge in [0.15, 0.2) is 0 Å². The minimum atomic E-state index is 0.828. The third kappa shape index (κ3) is 1.73. The molecule has 2 nitrogen and oxygen atoms in total. The number of para-hydroxylation sites is 1. The summed E-state index contributed by atoms with van der Waals surface area (Å²) in [5, 5.41) is 5.07. The van der Waals surface area contributed by atoms with Crippen molar-refractivity contribution in [3.05, 3.63) is 35.0 Å². The third-order valence-electron chi connectivity index (χ3n) is 5.05. The highest BCUT2D eigenvalue weighted by Gasteiger charge is 2.23. The van der Waals surface area contributed by atoms with Crippen LogP contribution in [-0.4, -0.2) is 17.7 Å². The van der Waals surface area contributed by atoms with Crippen LogP contribution in [0.15, 0.2) is 18.2 Å². The van der Waals surface area contributed by atoms with Crippen LogP contribution in [0.3, 0.4) is 0 Å². The second-order valence-corrected chi connectivity index (χ2v) is 6.20. The summed E-state index contributed by atoms with van der Waals surface area (Å²) in [4.78, 5) is 0. The molecule has 0 amide bonds. The zero-order valence-corrected chi connectivity index (χ0v) is 11.7. The molecule has 3 heterocycles. The van der Waals surface area contributed by atoms with Crippen molar-refractivity contribution in [3.8, 4) is 0 Å². The molecule has 0 radical (unpaired) electrons. The van der Waals surface area contributed by atoms with E-state index >= 15 is 0 Å². The zero-order valence-electron chi connectivity index (χ0n) is 11.7. The minimum absolute atomic E-state index is 0.828. The molecule has 1 saturated heterocycles. The zero-order chi connectivity index (χ0) is 12.8. The first-order chi connectivity index (χ1) is 9.34. The van der Waals surface area contributed by atoms with Crippen molar-refractivity contribution >= 4 is 10.9 Å². The van der Waals surface area contributed by atoms with Crippen LogP contribution in [0.5, 0.6) is 0 Å². The number of aryl methyl sites for hydroxylation is 2. The van der Waals surface area contributed by atoms with Crippen LogP contribution >= 0.6 is 0 Å². The summed E-state index contributed by atoms with van der Waals surface area (Å²) in [7, 11) is 0. The van der Waals surface area contributed by atoms with Gasteiger partial charge in [-0.15, -0.1) is 0 Å². The van der Waals surface area contributed by atoms with Crippen molar-refractivity contribution in [2.45, 2.75) is 39.2 Å². The van der Waals surface area contributed by atoms with Crippen molar-refractivity contribution in [3.63, 3.8) is 0 Å². The molecule has 0 spiro atoms. The molecule has 0 aliphatic carbocycles. The molecule has 1 aromatic carbocycles. The van der Waals surface area contributed by atoms with Crippen molar-refractivity contribution in [2.24, 2.45) is 5.92 Å². The Morgan fingerprint density at radius 2 is 2.32 bits per heavy atom. The van der Waals surface area contributed by atoms with Gasteiger partial charge >= 0.3 is 0 Å². The standard InChI is InChI=1S/C17H22N2/c1-12-16(10-13-4-3-8-18-11-13)15-6-2-5-14-7-9-19(12)17(14)15/h2,5-6,13,18H,3-4,7-11H2,1H3. The second kappa shape index (κ2) is 4.38. The summed E-state index contributed by atoms with van der Waals surface area (Å²) in [6.45, 7) is 5.92. The van der Waals surface area contributed by atoms with Crippen LogP contribution in [0.25, 0.3) is 10.9 Å². The first-order valence-corrected chi connectivity index (χ1v) is 7.65. The van der Waals surface area contributed by atoms with Gasteiger partial charge in [-0.05, 0) is 62.7 Å². The average Bonchev–Trinajstić information content (AvgIpc) is 2.99. The average molecular weight is 254 g/mol. The van der Waals surface area contributed by atoms with Crippen molar-refractivity contribution < 1.29 is 0 Å². The lowest BCUT2D eigenvalue weighted by atomic mass is 9.90. The molecular weight excluding hydrogens is 232 g/mol. The highest BCUT2D eigenvalue weighted by atomic mass is 15.0. The number of nitrogens with one attached hydrogen (secondary N) is 1. The molecule has 2 aromatic rings. The first kappa shape index (κ1) is 11.5. The van der Waals surface area contributed by atoms with E-state index in [0.717, 1.165) is 5.92 Å². The lowest BCUT2D eigenvalue weighted by molar-refractivity contribution is 0.376. The van der Waals surface area contributed by atoms with Crippen LogP contribution in [0.2, 0.25) is 0 Å². The van der Waals surface area contributed by atoms with Crippen molar-refractivity contribution in [2.75, 3.05) is 13.1 Å². The molecule has 100 valence electrons. The van der Waals surface area contributed by atoms with Crippen LogP contribution in [0.1, 0.15) is 29.7 Å². The van der Waals surface area contributed by atoms with Gasteiger partial charge < -0.3 is 9.88 Å². The maximum Gasteiger partial charge on any atom is 0.0518 e. The van der Waals surface area contributed by atoms with E-state index in [1.54, 1.807) is 11.1 Å². The van der Waals surface area contributed by atoms with Gasteiger partial charge in [0.2, 0.25) is 0 Å². The molecule has 2 aliphatic heterocycles. The first-order valence-electron chi connectivity index (χ1n) is 7.65. The molecular formula is C17H22N2. The van der Waals surface area contributed by atoms with Gasteiger partial charge in [0.1, 0.15) is 0 Å². The number of hydrogen-bond acceptors (Lipinski definition) is 1. The fourth-order valence-corrected chi connectivity index (χ4v) is 4.04. The van der Waals surface area contributed by atoms with E-state index in [-0.39, 0.29) is 0 Å². The normalized spacial score (nSPS) is 22.3. The molecule has 1 unspecified atom stereocenters. The Balaban J connectivity index is 1.77. The summed E-state index contributed by atoms with van der Waals surface area (Å²) in [5.41, 5.74) is 6.21. The lowest BCUT2D eigenvalue weighted by Gasteiger charge is -2.23. The van der Waals surface area contributed by atoms with Crippen LogP contribution in [0.4, 0.5) is 0 Å². The van der Waals surface area contributed by atoms with Crippen molar-refractivity contribution in [1.29, 1.82) is 0 Å². The second-order valence-electron chi connectivity index (χ2n) is 6.20. The van der Waals surface area contributed by atoms with E-state index in [0.29, 0.717) is 0 Å². The lowest BCUT2D eigenvalue weighted by Crippen LogP contribution is -2.31. The highest BCUT2D eigenvalue weighted by molar-refractivity contribution is 5.89. The van der Waals surface area contributed by atoms with Gasteiger partial charge in [0, 0.05) is 17.6 Å². The van der Waals surface area contributed by atoms with Gasteiger partial charge in [-0.25, -0.2) is 0 Å². The van der Waals surface area contributed by atoms with Crippen LogP contribution in [0, 0.1) is 12.8 Å². The summed E-state index contributed by atoms with van der Waals surface area (Å²) >= 11 is 0. The van der Waals surface area contributed by atoms with Gasteiger partial charge in [-0.1, -0.05) is 18.2 Å². The molecule has 2 heteroatoms. The largest absolute Gasteiger partial charge is 0.344 e. The molecule has 1 fully saturated rings. The number of nitrogens with zero attached hydrogens (tertiary/aromatic N) is 1. The maximum absolute atomic E-state index is 3.55. The molecule has 4 rings (SSSR count). The van der Waals surface area contributed by atoms with Gasteiger partial charge in [-0.2, -0.15) is 0 Å². The molecule has 1 atom stereocenters. The van der Waals surface area contributed by atoms with E-state index in [2.05, 4.69) is 35.0 Å². The monoisotopic (exact) mass is 254 g/mol. The van der Waals surface area contributed by atoms with Crippen LogP contribution < -0.4 is 5.32 Å². The Kier molecular flexibility index (Phi) is 2.66. The third-order valence-corrected chi connectivity index (χ3v) is 5.05. The molecule has 19 heavy (non-hydrogen) atoms. The number of hydrogen-bond donors (Lipinski definition) is 1. The Morgan fingerprint density at radius 3 is 3.16 bits per heavy atom. The Bertz CT molecular complexity index is 618. The predicted octanol–water partition coefficient (Wildman–Crippen LogP) is 3.05. The summed E-state index contributed by atoms with van der Waals surface area (Å²) in [5.74, 6) is 0.828. The maximum atomic E-state index is 3.55. The fourth-order valence-electron chi connectivity index (χ4n) is 4.04. The topological polar surface area (TPSA) is 17.0 Å². The molecule has 0 saturated carbocycles. The Hall–Kier alpha value is -1.28. The van der Waals surface area contributed by atoms with E-state index in [1.807, 2.05) is 0 Å². The summed E-state index contributed by atoms with van der Waals surface area (Å²) in [6, 6.07) is 6.88. The Morgan fingerprint density at radius 1 is 1.37 bits per heavy atom. The molecule has 0 bridgehead atoms. The van der Waals surface area contributed by atoms with E-state index < -0.39 is 0 Å². The number of benzene rings is 1. The van der Waals surface area contributed by atoms with E-state index in [1.165, 1.54) is 61.9 Å². The smallest absolute Gasteiger partial charge is 0.0518 e. The molecule has 1 aromatic heterocycles. The SMILES string of the molecule is Cc1c(CC2CCCNC2)c2cccc3c2n1CC3. The summed E-state index contributed by atoms with van der Waals surface area (Å²) in [6.07, 6.45) is 5.21.